The van der Waals surface area contributed by atoms with Crippen LogP contribution in [-0.2, 0) is 0 Å². The fourth-order valence-corrected chi connectivity index (χ4v) is 3.56. The summed E-state index contributed by atoms with van der Waals surface area (Å²) < 4.78 is 0. The van der Waals surface area contributed by atoms with E-state index in [9.17, 15) is 0 Å². The molecule has 0 aromatic carbocycles. The molecule has 118 valence electrons. The number of nitrogens with zero attached hydrogens (tertiary/aromatic N) is 4. The van der Waals surface area contributed by atoms with Gasteiger partial charge in [-0.05, 0) is 24.7 Å². The molecular weight excluding hydrogens is 278 g/mol. The Balaban J connectivity index is 1.73. The van der Waals surface area contributed by atoms with Gasteiger partial charge in [-0.15, -0.1) is 0 Å². The van der Waals surface area contributed by atoms with Crippen LogP contribution < -0.4 is 21.5 Å². The summed E-state index contributed by atoms with van der Waals surface area (Å²) in [5.74, 6) is 2.16. The minimum atomic E-state index is 0.265. The molecule has 3 atom stereocenters. The molecule has 0 saturated carbocycles. The van der Waals surface area contributed by atoms with E-state index >= 15 is 0 Å². The van der Waals surface area contributed by atoms with Crippen LogP contribution in [0.3, 0.4) is 0 Å². The van der Waals surface area contributed by atoms with Crippen LogP contribution in [0.4, 0.5) is 11.8 Å². The highest BCUT2D eigenvalue weighted by molar-refractivity contribution is 5.50. The Morgan fingerprint density at radius 3 is 3.14 bits per heavy atom. The van der Waals surface area contributed by atoms with Crippen LogP contribution in [0, 0.1) is 23.2 Å². The second-order valence-corrected chi connectivity index (χ2v) is 6.15. The van der Waals surface area contributed by atoms with Gasteiger partial charge in [-0.25, -0.2) is 4.98 Å². The molecule has 0 bridgehead atoms. The van der Waals surface area contributed by atoms with Crippen LogP contribution in [0.15, 0.2) is 6.20 Å². The lowest BCUT2D eigenvalue weighted by Crippen LogP contribution is -2.47. The molecule has 0 spiro atoms. The summed E-state index contributed by atoms with van der Waals surface area (Å²) in [4.78, 5) is 10.8. The highest BCUT2D eigenvalue weighted by Gasteiger charge is 2.35. The third-order valence-electron chi connectivity index (χ3n) is 4.84. The predicted molar refractivity (Wildman–Crippen MR) is 84.8 cm³/mol. The zero-order chi connectivity index (χ0) is 15.5. The number of nitrogen functional groups attached to an aromatic ring is 1. The van der Waals surface area contributed by atoms with Gasteiger partial charge in [0.05, 0.1) is 6.20 Å². The first-order chi connectivity index (χ1) is 10.7. The maximum absolute atomic E-state index is 8.92. The lowest BCUT2D eigenvalue weighted by atomic mass is 9.83. The molecule has 0 radical (unpaired) electrons. The molecule has 7 heteroatoms. The van der Waals surface area contributed by atoms with Crippen LogP contribution in [0.25, 0.3) is 0 Å². The highest BCUT2D eigenvalue weighted by atomic mass is 15.4. The van der Waals surface area contributed by atoms with Crippen molar-refractivity contribution in [2.24, 2.45) is 11.8 Å². The van der Waals surface area contributed by atoms with Gasteiger partial charge < -0.3 is 10.6 Å². The van der Waals surface area contributed by atoms with Crippen molar-refractivity contribution in [2.45, 2.75) is 32.2 Å². The number of rotatable bonds is 3. The zero-order valence-corrected chi connectivity index (χ0v) is 12.9. The van der Waals surface area contributed by atoms with Gasteiger partial charge in [0.2, 0.25) is 5.95 Å². The Hall–Kier alpha value is -1.91. The minimum absolute atomic E-state index is 0.265. The Kier molecular flexibility index (Phi) is 4.41. The van der Waals surface area contributed by atoms with E-state index in [4.69, 9.17) is 11.0 Å². The van der Waals surface area contributed by atoms with Crippen molar-refractivity contribution in [1.82, 2.24) is 20.8 Å². The lowest BCUT2D eigenvalue weighted by Gasteiger charge is -2.37. The van der Waals surface area contributed by atoms with E-state index in [1.807, 2.05) is 6.07 Å². The van der Waals surface area contributed by atoms with Crippen molar-refractivity contribution in [2.75, 3.05) is 30.3 Å². The van der Waals surface area contributed by atoms with Crippen molar-refractivity contribution < 1.29 is 0 Å². The van der Waals surface area contributed by atoms with Crippen molar-refractivity contribution >= 4 is 11.8 Å². The fraction of sp³-hybridized carbons (Fsp3) is 0.667. The van der Waals surface area contributed by atoms with Gasteiger partial charge in [0.25, 0.3) is 0 Å². The Morgan fingerprint density at radius 2 is 2.41 bits per heavy atom. The SMILES string of the molecule is CCC1CNNC1C1CCCN(c2ncc(C#N)c(N)n2)C1. The summed E-state index contributed by atoms with van der Waals surface area (Å²) in [5, 5.41) is 8.92. The van der Waals surface area contributed by atoms with E-state index < -0.39 is 0 Å². The molecule has 3 rings (SSSR count). The Bertz CT molecular complexity index is 567. The van der Waals surface area contributed by atoms with Gasteiger partial charge in [0.15, 0.2) is 0 Å². The number of hydrogen-bond donors (Lipinski definition) is 3. The van der Waals surface area contributed by atoms with E-state index in [-0.39, 0.29) is 5.82 Å². The molecule has 1 aromatic rings. The number of piperidine rings is 1. The number of nitrogens with one attached hydrogen (secondary N) is 2. The van der Waals surface area contributed by atoms with Gasteiger partial charge >= 0.3 is 0 Å². The molecule has 2 aliphatic rings. The molecule has 0 aliphatic carbocycles. The standard InChI is InChI=1S/C15H23N7/c1-2-10-8-19-21-13(10)11-4-3-5-22(9-11)15-18-7-12(6-16)14(17)20-15/h7,10-11,13,19,21H,2-5,8-9H2,1H3,(H2,17,18,20). The van der Waals surface area contributed by atoms with Gasteiger partial charge in [0.1, 0.15) is 17.5 Å². The van der Waals surface area contributed by atoms with E-state index in [1.165, 1.54) is 19.0 Å². The Morgan fingerprint density at radius 1 is 1.55 bits per heavy atom. The van der Waals surface area contributed by atoms with Gasteiger partial charge in [0, 0.05) is 25.7 Å². The van der Waals surface area contributed by atoms with Crippen molar-refractivity contribution in [3.63, 3.8) is 0 Å². The molecule has 2 fully saturated rings. The van der Waals surface area contributed by atoms with Gasteiger partial charge in [-0.3, -0.25) is 10.9 Å². The van der Waals surface area contributed by atoms with Gasteiger partial charge in [-0.2, -0.15) is 10.2 Å². The summed E-state index contributed by atoms with van der Waals surface area (Å²) >= 11 is 0. The average Bonchev–Trinajstić information content (AvgIpc) is 3.03. The number of nitriles is 1. The molecule has 2 aliphatic heterocycles. The van der Waals surface area contributed by atoms with E-state index in [1.54, 1.807) is 0 Å². The van der Waals surface area contributed by atoms with E-state index in [0.717, 1.165) is 26.1 Å². The predicted octanol–water partition coefficient (Wildman–Crippen LogP) is 0.649. The molecular formula is C15H23N7. The van der Waals surface area contributed by atoms with Crippen molar-refractivity contribution in [3.05, 3.63) is 11.8 Å². The summed E-state index contributed by atoms with van der Waals surface area (Å²) in [7, 11) is 0. The largest absolute Gasteiger partial charge is 0.382 e. The Labute approximate surface area is 130 Å². The third-order valence-corrected chi connectivity index (χ3v) is 4.84. The second-order valence-electron chi connectivity index (χ2n) is 6.15. The quantitative estimate of drug-likeness (QED) is 0.753. The number of aromatic nitrogens is 2. The normalized spacial score (nSPS) is 28.5. The second kappa shape index (κ2) is 6.46. The summed E-state index contributed by atoms with van der Waals surface area (Å²) in [6, 6.07) is 2.51. The summed E-state index contributed by atoms with van der Waals surface area (Å²) in [5.41, 5.74) is 12.9. The fourth-order valence-electron chi connectivity index (χ4n) is 3.56. The molecule has 22 heavy (non-hydrogen) atoms. The summed E-state index contributed by atoms with van der Waals surface area (Å²) in [6.45, 7) is 5.16. The first-order valence-electron chi connectivity index (χ1n) is 7.99. The first-order valence-corrected chi connectivity index (χ1v) is 7.99. The molecule has 0 amide bonds. The number of anilines is 2. The summed E-state index contributed by atoms with van der Waals surface area (Å²) in [6.07, 6.45) is 5.05. The van der Waals surface area contributed by atoms with Crippen LogP contribution in [-0.4, -0.2) is 35.6 Å². The topological polar surface area (TPSA) is 103 Å². The van der Waals surface area contributed by atoms with Crippen molar-refractivity contribution in [3.8, 4) is 6.07 Å². The maximum Gasteiger partial charge on any atom is 0.227 e. The number of hydrogen-bond acceptors (Lipinski definition) is 7. The average molecular weight is 301 g/mol. The molecule has 3 unspecified atom stereocenters. The first kappa shape index (κ1) is 15.0. The lowest BCUT2D eigenvalue weighted by molar-refractivity contribution is 0.272. The van der Waals surface area contributed by atoms with Gasteiger partial charge in [-0.1, -0.05) is 13.3 Å². The monoisotopic (exact) mass is 301 g/mol. The minimum Gasteiger partial charge on any atom is -0.382 e. The van der Waals surface area contributed by atoms with Crippen LogP contribution >= 0.6 is 0 Å². The number of nitrogens with two attached hydrogens (primary N) is 1. The van der Waals surface area contributed by atoms with Crippen LogP contribution in [0.2, 0.25) is 0 Å². The van der Waals surface area contributed by atoms with E-state index in [0.29, 0.717) is 29.4 Å². The molecule has 4 N–H and O–H groups in total. The van der Waals surface area contributed by atoms with Crippen LogP contribution in [0.5, 0.6) is 0 Å². The van der Waals surface area contributed by atoms with Crippen molar-refractivity contribution in [1.29, 1.82) is 5.26 Å². The maximum atomic E-state index is 8.92. The zero-order valence-electron chi connectivity index (χ0n) is 12.9. The third kappa shape index (κ3) is 2.85. The molecule has 7 nitrogen and oxygen atoms in total. The van der Waals surface area contributed by atoms with Crippen LogP contribution in [0.1, 0.15) is 31.7 Å². The molecule has 2 saturated heterocycles. The molecule has 3 heterocycles. The highest BCUT2D eigenvalue weighted by Crippen LogP contribution is 2.28. The smallest absolute Gasteiger partial charge is 0.227 e. The molecule has 1 aromatic heterocycles. The number of hydrazine groups is 1. The van der Waals surface area contributed by atoms with E-state index in [2.05, 4.69) is 32.6 Å².